The molecular weight excluding hydrogens is 192 g/mol. The van der Waals surface area contributed by atoms with Gasteiger partial charge in [-0.3, -0.25) is 0 Å². The number of rotatable bonds is 2. The molecule has 0 radical (unpaired) electrons. The van der Waals surface area contributed by atoms with E-state index in [0.717, 1.165) is 11.3 Å². The molecule has 2 rings (SSSR count). The molecule has 1 atom stereocenters. The normalized spacial score (nSPS) is 18.8. The first-order valence-electron chi connectivity index (χ1n) is 4.81. The SMILES string of the molecule is C=C(C(=O)O)C1COc2ccccc2C1. The zero-order valence-electron chi connectivity index (χ0n) is 8.27. The summed E-state index contributed by atoms with van der Waals surface area (Å²) in [6, 6.07) is 7.69. The highest BCUT2D eigenvalue weighted by atomic mass is 16.5. The summed E-state index contributed by atoms with van der Waals surface area (Å²) in [5, 5.41) is 8.83. The van der Waals surface area contributed by atoms with Gasteiger partial charge in [0.15, 0.2) is 0 Å². The number of carboxylic acids is 1. The van der Waals surface area contributed by atoms with Crippen LogP contribution in [0, 0.1) is 5.92 Å². The number of benzene rings is 1. The molecule has 3 heteroatoms. The Hall–Kier alpha value is -1.77. The van der Waals surface area contributed by atoms with Crippen molar-refractivity contribution in [3.05, 3.63) is 42.0 Å². The van der Waals surface area contributed by atoms with Crippen LogP contribution < -0.4 is 4.74 Å². The second-order valence-corrected chi connectivity index (χ2v) is 3.65. The largest absolute Gasteiger partial charge is 0.493 e. The van der Waals surface area contributed by atoms with Crippen LogP contribution in [0.2, 0.25) is 0 Å². The van der Waals surface area contributed by atoms with Gasteiger partial charge in [-0.05, 0) is 18.1 Å². The van der Waals surface area contributed by atoms with Crippen LogP contribution in [0.4, 0.5) is 0 Å². The van der Waals surface area contributed by atoms with E-state index in [1.807, 2.05) is 24.3 Å². The van der Waals surface area contributed by atoms with Crippen LogP contribution >= 0.6 is 0 Å². The van der Waals surface area contributed by atoms with Gasteiger partial charge in [0, 0.05) is 11.5 Å². The van der Waals surface area contributed by atoms with Crippen molar-refractivity contribution in [3.8, 4) is 5.75 Å². The van der Waals surface area contributed by atoms with Crippen molar-refractivity contribution in [2.45, 2.75) is 6.42 Å². The van der Waals surface area contributed by atoms with Crippen LogP contribution in [-0.4, -0.2) is 17.7 Å². The molecule has 1 aliphatic heterocycles. The monoisotopic (exact) mass is 204 g/mol. The zero-order valence-corrected chi connectivity index (χ0v) is 8.27. The van der Waals surface area contributed by atoms with E-state index in [4.69, 9.17) is 9.84 Å². The van der Waals surface area contributed by atoms with Gasteiger partial charge in [-0.1, -0.05) is 24.8 Å². The van der Waals surface area contributed by atoms with Gasteiger partial charge >= 0.3 is 5.97 Å². The summed E-state index contributed by atoms with van der Waals surface area (Å²) in [7, 11) is 0. The number of hydrogen-bond donors (Lipinski definition) is 1. The molecule has 0 aliphatic carbocycles. The van der Waals surface area contributed by atoms with Crippen LogP contribution in [-0.2, 0) is 11.2 Å². The third kappa shape index (κ3) is 1.86. The summed E-state index contributed by atoms with van der Waals surface area (Å²) in [6.07, 6.45) is 0.696. The van der Waals surface area contributed by atoms with E-state index < -0.39 is 5.97 Å². The average molecular weight is 204 g/mol. The summed E-state index contributed by atoms with van der Waals surface area (Å²) in [4.78, 5) is 10.8. The molecule has 0 aromatic heterocycles. The van der Waals surface area contributed by atoms with E-state index >= 15 is 0 Å². The number of hydrogen-bond acceptors (Lipinski definition) is 2. The lowest BCUT2D eigenvalue weighted by atomic mass is 9.91. The summed E-state index contributed by atoms with van der Waals surface area (Å²) < 4.78 is 5.48. The maximum Gasteiger partial charge on any atom is 0.331 e. The van der Waals surface area contributed by atoms with Crippen molar-refractivity contribution in [2.75, 3.05) is 6.61 Å². The molecule has 0 saturated heterocycles. The summed E-state index contributed by atoms with van der Waals surface area (Å²) in [6.45, 7) is 3.98. The van der Waals surface area contributed by atoms with Crippen molar-refractivity contribution in [2.24, 2.45) is 5.92 Å². The van der Waals surface area contributed by atoms with Gasteiger partial charge in [0.05, 0.1) is 6.61 Å². The average Bonchev–Trinajstić information content (AvgIpc) is 2.27. The van der Waals surface area contributed by atoms with E-state index in [0.29, 0.717) is 13.0 Å². The number of para-hydroxylation sites is 1. The molecule has 1 heterocycles. The van der Waals surface area contributed by atoms with Crippen molar-refractivity contribution < 1.29 is 14.6 Å². The predicted octanol–water partition coefficient (Wildman–Crippen LogP) is 1.88. The number of carbonyl (C=O) groups is 1. The van der Waals surface area contributed by atoms with Gasteiger partial charge < -0.3 is 9.84 Å². The number of ether oxygens (including phenoxy) is 1. The highest BCUT2D eigenvalue weighted by molar-refractivity contribution is 5.86. The Morgan fingerprint density at radius 2 is 2.20 bits per heavy atom. The number of carboxylic acid groups (broad SMARTS) is 1. The molecule has 0 saturated carbocycles. The van der Waals surface area contributed by atoms with Crippen LogP contribution in [0.3, 0.4) is 0 Å². The first-order chi connectivity index (χ1) is 7.18. The molecule has 1 N–H and O–H groups in total. The Labute approximate surface area is 88.0 Å². The Bertz CT molecular complexity index is 409. The highest BCUT2D eigenvalue weighted by Crippen LogP contribution is 2.29. The Balaban J connectivity index is 2.19. The lowest BCUT2D eigenvalue weighted by molar-refractivity contribution is -0.133. The number of aliphatic carboxylic acids is 1. The van der Waals surface area contributed by atoms with E-state index in [-0.39, 0.29) is 11.5 Å². The van der Waals surface area contributed by atoms with E-state index in [9.17, 15) is 4.79 Å². The topological polar surface area (TPSA) is 46.5 Å². The van der Waals surface area contributed by atoms with Crippen molar-refractivity contribution >= 4 is 5.97 Å². The predicted molar refractivity (Wildman–Crippen MR) is 55.9 cm³/mol. The van der Waals surface area contributed by atoms with E-state index in [2.05, 4.69) is 6.58 Å². The van der Waals surface area contributed by atoms with Gasteiger partial charge in [0.25, 0.3) is 0 Å². The van der Waals surface area contributed by atoms with Gasteiger partial charge in [-0.15, -0.1) is 0 Å². The molecule has 1 unspecified atom stereocenters. The van der Waals surface area contributed by atoms with Crippen LogP contribution in [0.25, 0.3) is 0 Å². The maximum absolute atomic E-state index is 10.8. The molecule has 1 aromatic carbocycles. The molecule has 1 aromatic rings. The Morgan fingerprint density at radius 3 is 2.93 bits per heavy atom. The minimum absolute atomic E-state index is 0.114. The molecular formula is C12H12O3. The molecule has 1 aliphatic rings. The molecule has 0 bridgehead atoms. The molecule has 0 spiro atoms. The summed E-state index contributed by atoms with van der Waals surface area (Å²) >= 11 is 0. The smallest absolute Gasteiger partial charge is 0.331 e. The van der Waals surface area contributed by atoms with Crippen molar-refractivity contribution in [1.29, 1.82) is 0 Å². The standard InChI is InChI=1S/C12H12O3/c1-8(12(13)14)10-6-9-4-2-3-5-11(9)15-7-10/h2-5,10H,1,6-7H2,(H,13,14). The fraction of sp³-hybridized carbons (Fsp3) is 0.250. The Morgan fingerprint density at radius 1 is 1.47 bits per heavy atom. The van der Waals surface area contributed by atoms with Gasteiger partial charge in [-0.2, -0.15) is 0 Å². The van der Waals surface area contributed by atoms with Crippen molar-refractivity contribution in [1.82, 2.24) is 0 Å². The Kier molecular flexibility index (Phi) is 2.46. The quantitative estimate of drug-likeness (QED) is 0.748. The summed E-state index contributed by atoms with van der Waals surface area (Å²) in [5.74, 6) is -0.202. The molecule has 3 nitrogen and oxygen atoms in total. The molecule has 0 amide bonds. The number of fused-ring (bicyclic) bond motifs is 1. The fourth-order valence-electron chi connectivity index (χ4n) is 1.73. The van der Waals surface area contributed by atoms with Crippen LogP contribution in [0.5, 0.6) is 5.75 Å². The molecule has 0 fully saturated rings. The lowest BCUT2D eigenvalue weighted by Crippen LogP contribution is -2.25. The van der Waals surface area contributed by atoms with Gasteiger partial charge in [0.2, 0.25) is 0 Å². The van der Waals surface area contributed by atoms with Crippen LogP contribution in [0.15, 0.2) is 36.4 Å². The minimum atomic E-state index is -0.942. The second kappa shape index (κ2) is 3.77. The van der Waals surface area contributed by atoms with Gasteiger partial charge in [0.1, 0.15) is 5.75 Å². The zero-order chi connectivity index (χ0) is 10.8. The fourth-order valence-corrected chi connectivity index (χ4v) is 1.73. The third-order valence-electron chi connectivity index (χ3n) is 2.65. The lowest BCUT2D eigenvalue weighted by Gasteiger charge is -2.25. The first kappa shape index (κ1) is 9.77. The highest BCUT2D eigenvalue weighted by Gasteiger charge is 2.24. The van der Waals surface area contributed by atoms with E-state index in [1.54, 1.807) is 0 Å². The molecule has 15 heavy (non-hydrogen) atoms. The maximum atomic E-state index is 10.8. The molecule has 78 valence electrons. The second-order valence-electron chi connectivity index (χ2n) is 3.65. The van der Waals surface area contributed by atoms with Crippen molar-refractivity contribution in [3.63, 3.8) is 0 Å². The van der Waals surface area contributed by atoms with E-state index in [1.165, 1.54) is 0 Å². The first-order valence-corrected chi connectivity index (χ1v) is 4.81. The van der Waals surface area contributed by atoms with Gasteiger partial charge in [-0.25, -0.2) is 4.79 Å². The van der Waals surface area contributed by atoms with Crippen LogP contribution in [0.1, 0.15) is 5.56 Å². The minimum Gasteiger partial charge on any atom is -0.493 e. The third-order valence-corrected chi connectivity index (χ3v) is 2.65. The summed E-state index contributed by atoms with van der Waals surface area (Å²) in [5.41, 5.74) is 1.28.